The summed E-state index contributed by atoms with van der Waals surface area (Å²) >= 11 is 0. The van der Waals surface area contributed by atoms with Crippen LogP contribution in [0.3, 0.4) is 0 Å². The molecule has 122 valence electrons. The Hall–Kier alpha value is -2.99. The number of nitro benzene ring substituents is 1. The molecule has 0 aliphatic heterocycles. The number of rotatable bonds is 6. The molecule has 1 heterocycles. The molecule has 1 aromatic heterocycles. The first-order valence-electron chi connectivity index (χ1n) is 7.63. The largest absolute Gasteiger partial charge is 0.297 e. The zero-order chi connectivity index (χ0) is 16.9. The second-order valence-corrected chi connectivity index (χ2v) is 5.69. The zero-order valence-electron chi connectivity index (χ0n) is 13.4. The second kappa shape index (κ2) is 7.06. The molecule has 2 aromatic carbocycles. The van der Waals surface area contributed by atoms with Gasteiger partial charge in [0.25, 0.3) is 5.69 Å². The summed E-state index contributed by atoms with van der Waals surface area (Å²) in [5, 5.41) is 15.5. The van der Waals surface area contributed by atoms with Crippen molar-refractivity contribution in [1.29, 1.82) is 0 Å². The normalized spacial score (nSPS) is 10.9. The minimum absolute atomic E-state index is 0.157. The summed E-state index contributed by atoms with van der Waals surface area (Å²) in [6, 6.07) is 16.7. The Labute approximate surface area is 140 Å². The molecule has 6 heteroatoms. The molecule has 24 heavy (non-hydrogen) atoms. The molecule has 6 nitrogen and oxygen atoms in total. The van der Waals surface area contributed by atoms with Crippen LogP contribution >= 0.6 is 0 Å². The molecule has 0 amide bonds. The minimum atomic E-state index is -0.337. The summed E-state index contributed by atoms with van der Waals surface area (Å²) in [6.45, 7) is 1.17. The second-order valence-electron chi connectivity index (χ2n) is 5.69. The number of hydrogen-bond acceptors (Lipinski definition) is 4. The van der Waals surface area contributed by atoms with Crippen LogP contribution in [0.2, 0.25) is 0 Å². The van der Waals surface area contributed by atoms with Gasteiger partial charge in [0.15, 0.2) is 0 Å². The van der Waals surface area contributed by atoms with Crippen molar-refractivity contribution in [2.75, 3.05) is 7.05 Å². The predicted molar refractivity (Wildman–Crippen MR) is 91.8 cm³/mol. The Kier molecular flexibility index (Phi) is 4.67. The standard InChI is InChI=1S/C18H18N4O2/c1-20(14-16-7-5-6-10-18(16)22(23)24)12-15-11-19-21(13-15)17-8-3-2-4-9-17/h2-11,13H,12,14H2,1H3. The van der Waals surface area contributed by atoms with E-state index in [1.165, 1.54) is 6.07 Å². The van der Waals surface area contributed by atoms with Crippen molar-refractivity contribution in [2.24, 2.45) is 0 Å². The van der Waals surface area contributed by atoms with E-state index in [1.54, 1.807) is 12.1 Å². The van der Waals surface area contributed by atoms with Crippen LogP contribution in [-0.2, 0) is 13.1 Å². The Morgan fingerprint density at radius 3 is 2.54 bits per heavy atom. The van der Waals surface area contributed by atoms with Gasteiger partial charge in [-0.3, -0.25) is 15.0 Å². The molecule has 3 rings (SSSR count). The first-order valence-corrected chi connectivity index (χ1v) is 7.63. The number of para-hydroxylation sites is 2. The molecular weight excluding hydrogens is 304 g/mol. The van der Waals surface area contributed by atoms with Gasteiger partial charge in [0.2, 0.25) is 0 Å². The van der Waals surface area contributed by atoms with Crippen LogP contribution in [0.5, 0.6) is 0 Å². The van der Waals surface area contributed by atoms with E-state index in [2.05, 4.69) is 5.10 Å². The Morgan fingerprint density at radius 1 is 1.08 bits per heavy atom. The van der Waals surface area contributed by atoms with Gasteiger partial charge in [0.1, 0.15) is 0 Å². The highest BCUT2D eigenvalue weighted by Gasteiger charge is 2.14. The highest BCUT2D eigenvalue weighted by molar-refractivity contribution is 5.39. The third kappa shape index (κ3) is 3.67. The van der Waals surface area contributed by atoms with E-state index < -0.39 is 0 Å². The third-order valence-corrected chi connectivity index (χ3v) is 3.74. The Morgan fingerprint density at radius 2 is 1.79 bits per heavy atom. The quantitative estimate of drug-likeness (QED) is 0.515. The summed E-state index contributed by atoms with van der Waals surface area (Å²) in [5.74, 6) is 0. The molecule has 0 bridgehead atoms. The van der Waals surface area contributed by atoms with E-state index in [-0.39, 0.29) is 10.6 Å². The lowest BCUT2D eigenvalue weighted by Gasteiger charge is -2.15. The lowest BCUT2D eigenvalue weighted by atomic mass is 10.1. The zero-order valence-corrected chi connectivity index (χ0v) is 13.4. The van der Waals surface area contributed by atoms with E-state index in [4.69, 9.17) is 0 Å². The van der Waals surface area contributed by atoms with Crippen LogP contribution in [0.25, 0.3) is 5.69 Å². The first-order chi connectivity index (χ1) is 11.6. The van der Waals surface area contributed by atoms with Crippen molar-refractivity contribution in [1.82, 2.24) is 14.7 Å². The summed E-state index contributed by atoms with van der Waals surface area (Å²) in [4.78, 5) is 12.8. The molecule has 0 saturated heterocycles. The van der Waals surface area contributed by atoms with Crippen LogP contribution < -0.4 is 0 Å². The Balaban J connectivity index is 1.69. The highest BCUT2D eigenvalue weighted by Crippen LogP contribution is 2.20. The SMILES string of the molecule is CN(Cc1cnn(-c2ccccc2)c1)Cc1ccccc1[N+](=O)[O-]. The Bertz CT molecular complexity index is 830. The van der Waals surface area contributed by atoms with Gasteiger partial charge in [-0.05, 0) is 19.2 Å². The maximum absolute atomic E-state index is 11.1. The molecule has 0 unspecified atom stereocenters. The van der Waals surface area contributed by atoms with E-state index in [0.717, 1.165) is 11.3 Å². The molecule has 0 fully saturated rings. The van der Waals surface area contributed by atoms with Crippen LogP contribution in [0.15, 0.2) is 67.0 Å². The highest BCUT2D eigenvalue weighted by atomic mass is 16.6. The van der Waals surface area contributed by atoms with Crippen LogP contribution in [-0.4, -0.2) is 26.7 Å². The van der Waals surface area contributed by atoms with Gasteiger partial charge >= 0.3 is 0 Å². The number of hydrogen-bond donors (Lipinski definition) is 0. The monoisotopic (exact) mass is 322 g/mol. The number of aromatic nitrogens is 2. The molecule has 3 aromatic rings. The summed E-state index contributed by atoms with van der Waals surface area (Å²) in [6.07, 6.45) is 3.80. The average Bonchev–Trinajstić information content (AvgIpc) is 3.04. The van der Waals surface area contributed by atoms with E-state index in [9.17, 15) is 10.1 Å². The number of benzene rings is 2. The smallest absolute Gasteiger partial charge is 0.273 e. The van der Waals surface area contributed by atoms with Crippen molar-refractivity contribution in [2.45, 2.75) is 13.1 Å². The van der Waals surface area contributed by atoms with Gasteiger partial charge in [0.05, 0.1) is 16.8 Å². The fraction of sp³-hybridized carbons (Fsp3) is 0.167. The van der Waals surface area contributed by atoms with E-state index in [0.29, 0.717) is 18.7 Å². The fourth-order valence-electron chi connectivity index (χ4n) is 2.64. The van der Waals surface area contributed by atoms with Gasteiger partial charge < -0.3 is 0 Å². The van der Waals surface area contributed by atoms with Crippen molar-refractivity contribution in [3.63, 3.8) is 0 Å². The number of nitro groups is 1. The number of nitrogens with zero attached hydrogens (tertiary/aromatic N) is 4. The average molecular weight is 322 g/mol. The maximum Gasteiger partial charge on any atom is 0.273 e. The first kappa shape index (κ1) is 15.9. The van der Waals surface area contributed by atoms with Crippen molar-refractivity contribution in [3.05, 3.63) is 88.2 Å². The van der Waals surface area contributed by atoms with Crippen molar-refractivity contribution < 1.29 is 4.92 Å². The molecular formula is C18H18N4O2. The van der Waals surface area contributed by atoms with Crippen molar-refractivity contribution in [3.8, 4) is 5.69 Å². The van der Waals surface area contributed by atoms with Gasteiger partial charge in [0, 0.05) is 36.5 Å². The van der Waals surface area contributed by atoms with Gasteiger partial charge in [-0.25, -0.2) is 4.68 Å². The topological polar surface area (TPSA) is 64.2 Å². The summed E-state index contributed by atoms with van der Waals surface area (Å²) in [7, 11) is 1.94. The maximum atomic E-state index is 11.1. The molecule has 0 spiro atoms. The van der Waals surface area contributed by atoms with E-state index in [1.807, 2.05) is 65.4 Å². The molecule has 0 N–H and O–H groups in total. The van der Waals surface area contributed by atoms with Crippen LogP contribution in [0.4, 0.5) is 5.69 Å². The van der Waals surface area contributed by atoms with Gasteiger partial charge in [-0.1, -0.05) is 36.4 Å². The van der Waals surface area contributed by atoms with Crippen LogP contribution in [0, 0.1) is 10.1 Å². The molecule has 0 aliphatic rings. The molecule has 0 aliphatic carbocycles. The lowest BCUT2D eigenvalue weighted by Crippen LogP contribution is -2.17. The lowest BCUT2D eigenvalue weighted by molar-refractivity contribution is -0.385. The third-order valence-electron chi connectivity index (χ3n) is 3.74. The van der Waals surface area contributed by atoms with Gasteiger partial charge in [-0.15, -0.1) is 0 Å². The molecule has 0 radical (unpaired) electrons. The van der Waals surface area contributed by atoms with E-state index >= 15 is 0 Å². The summed E-state index contributed by atoms with van der Waals surface area (Å²) < 4.78 is 1.83. The molecule has 0 atom stereocenters. The van der Waals surface area contributed by atoms with Crippen LogP contribution in [0.1, 0.15) is 11.1 Å². The summed E-state index contributed by atoms with van der Waals surface area (Å²) in [5.41, 5.74) is 2.93. The molecule has 0 saturated carbocycles. The van der Waals surface area contributed by atoms with Gasteiger partial charge in [-0.2, -0.15) is 5.10 Å². The minimum Gasteiger partial charge on any atom is -0.297 e. The predicted octanol–water partition coefficient (Wildman–Crippen LogP) is 3.41. The van der Waals surface area contributed by atoms with Crippen molar-refractivity contribution >= 4 is 5.69 Å². The fourth-order valence-corrected chi connectivity index (χ4v) is 2.64.